The highest BCUT2D eigenvalue weighted by Crippen LogP contribution is 2.52. The van der Waals surface area contributed by atoms with Crippen LogP contribution in [-0.4, -0.2) is 81.9 Å². The second kappa shape index (κ2) is 16.6. The van der Waals surface area contributed by atoms with E-state index in [9.17, 15) is 18.3 Å². The van der Waals surface area contributed by atoms with Crippen LogP contribution < -0.4 is 15.5 Å². The topological polar surface area (TPSA) is 136 Å². The Bertz CT molecular complexity index is 2220. The summed E-state index contributed by atoms with van der Waals surface area (Å²) in [6.45, 7) is 5.58. The highest BCUT2D eigenvalue weighted by atomic mass is 32.2. The minimum absolute atomic E-state index is 0.136. The lowest BCUT2D eigenvalue weighted by Gasteiger charge is -2.64. The first kappa shape index (κ1) is 41.4. The van der Waals surface area contributed by atoms with Crippen molar-refractivity contribution >= 4 is 27.2 Å². The van der Waals surface area contributed by atoms with Gasteiger partial charge in [-0.25, -0.2) is 13.2 Å². The number of benzene rings is 4. The second-order valence-corrected chi connectivity index (χ2v) is 19.1. The van der Waals surface area contributed by atoms with Gasteiger partial charge in [0.05, 0.1) is 35.5 Å². The van der Waals surface area contributed by atoms with Gasteiger partial charge in [-0.05, 0) is 65.4 Å². The van der Waals surface area contributed by atoms with Crippen molar-refractivity contribution in [2.75, 3.05) is 30.1 Å². The SMILES string of the molecule is CCCC[C@]1(CC)CS(=O)(=O)c2ccc(N(C)C)cc2[C@@H](c2cccc(NC(=O)NC3C4OC5OC(C4C)C(Cc4ccccc4)(OCc4ccccc4)C3O5)c2)[C@H]1O. The number of carbonyl (C=O) groups excluding carboxylic acids is 1. The normalized spacial score (nSPS) is 31.6. The van der Waals surface area contributed by atoms with E-state index in [0.717, 1.165) is 29.7 Å². The Balaban J connectivity index is 1.11. The Labute approximate surface area is 348 Å². The van der Waals surface area contributed by atoms with E-state index in [-0.39, 0.29) is 22.7 Å². The smallest absolute Gasteiger partial charge is 0.319 e. The number of hydrogen-bond acceptors (Lipinski definition) is 9. The number of amides is 2. The second-order valence-electron chi connectivity index (χ2n) is 17.1. The molecule has 4 aromatic carbocycles. The molecule has 5 aliphatic rings. The minimum Gasteiger partial charge on any atom is -0.392 e. The van der Waals surface area contributed by atoms with Crippen molar-refractivity contribution in [1.29, 1.82) is 0 Å². The molecule has 3 saturated heterocycles. The highest BCUT2D eigenvalue weighted by Gasteiger charge is 2.68. The van der Waals surface area contributed by atoms with Crippen LogP contribution in [0.1, 0.15) is 74.6 Å². The van der Waals surface area contributed by atoms with Gasteiger partial charge >= 0.3 is 6.03 Å². The average molecular weight is 824 g/mol. The molecule has 4 heterocycles. The van der Waals surface area contributed by atoms with Gasteiger partial charge in [-0.15, -0.1) is 0 Å². The van der Waals surface area contributed by atoms with Crippen molar-refractivity contribution in [2.45, 2.75) is 113 Å². The fourth-order valence-electron chi connectivity index (χ4n) is 10.1. The largest absolute Gasteiger partial charge is 0.392 e. The predicted octanol–water partition coefficient (Wildman–Crippen LogP) is 7.42. The summed E-state index contributed by atoms with van der Waals surface area (Å²) in [7, 11) is 0.0664. The zero-order chi connectivity index (χ0) is 41.5. The van der Waals surface area contributed by atoms with Crippen LogP contribution in [0.5, 0.6) is 0 Å². The number of anilines is 2. The predicted molar refractivity (Wildman–Crippen MR) is 227 cm³/mol. The number of sulfone groups is 1. The highest BCUT2D eigenvalue weighted by molar-refractivity contribution is 7.91. The Morgan fingerprint density at radius 2 is 1.61 bits per heavy atom. The number of rotatable bonds is 13. The van der Waals surface area contributed by atoms with Crippen molar-refractivity contribution in [2.24, 2.45) is 11.3 Å². The Hall–Kier alpha value is -4.30. The van der Waals surface area contributed by atoms with Gasteiger partial charge in [0.25, 0.3) is 6.48 Å². The van der Waals surface area contributed by atoms with Gasteiger partial charge in [-0.1, -0.05) is 106 Å². The molecule has 11 nitrogen and oxygen atoms in total. The molecule has 1 saturated carbocycles. The average Bonchev–Trinajstić information content (AvgIpc) is 3.30. The molecule has 9 rings (SSSR count). The van der Waals surface area contributed by atoms with E-state index < -0.39 is 63.6 Å². The summed E-state index contributed by atoms with van der Waals surface area (Å²) in [5.41, 5.74) is 2.84. The summed E-state index contributed by atoms with van der Waals surface area (Å²) < 4.78 is 54.5. The fraction of sp³-hybridized carbons (Fsp3) is 0.468. The molecule has 12 heteroatoms. The summed E-state index contributed by atoms with van der Waals surface area (Å²) in [6.07, 6.45) is 0.888. The third-order valence-electron chi connectivity index (χ3n) is 13.2. The Morgan fingerprint density at radius 1 is 0.898 bits per heavy atom. The number of carbonyl (C=O) groups is 1. The maximum atomic E-state index is 14.2. The number of fused-ring (bicyclic) bond motifs is 1. The third kappa shape index (κ3) is 7.79. The van der Waals surface area contributed by atoms with E-state index in [4.69, 9.17) is 18.9 Å². The van der Waals surface area contributed by atoms with Gasteiger partial charge in [0.2, 0.25) is 0 Å². The molecule has 4 fully saturated rings. The number of urea groups is 1. The number of aliphatic hydroxyl groups excluding tert-OH is 1. The molecule has 10 atom stereocenters. The Kier molecular flexibility index (Phi) is 11.7. The molecular formula is C47H57N3O8S. The van der Waals surface area contributed by atoms with Gasteiger partial charge in [0.15, 0.2) is 9.84 Å². The number of nitrogens with one attached hydrogen (secondary N) is 2. The van der Waals surface area contributed by atoms with Crippen molar-refractivity contribution in [3.63, 3.8) is 0 Å². The standard InChI is InChI=1S/C47H57N3O8S/c1-6-8-24-46(7-2)29-59(53,54)37-23-22-35(50(4)5)26-36(37)38(41(46)51)33-20-15-21-34(25-33)48-44(52)49-39-40-30(3)42-47(27-31-16-11-9-12-17-31,43(39)58-45(56-40)57-42)55-28-32-18-13-10-14-19-32/h9-23,25-26,30,38-43,45,51H,6-8,24,27-29H2,1-5H3,(H2,48,49,52)/t30?,38-,39?,40?,41-,42?,43?,45?,46-,47?/m1/s1. The fourth-order valence-corrected chi connectivity index (χ4v) is 12.4. The van der Waals surface area contributed by atoms with E-state index in [1.165, 1.54) is 0 Å². The number of nitrogens with zero attached hydrogens (tertiary/aromatic N) is 1. The minimum atomic E-state index is -3.75. The van der Waals surface area contributed by atoms with Crippen LogP contribution in [0.15, 0.2) is 108 Å². The monoisotopic (exact) mass is 823 g/mol. The van der Waals surface area contributed by atoms with Gasteiger partial charge in [-0.2, -0.15) is 0 Å². The first-order valence-electron chi connectivity index (χ1n) is 21.0. The summed E-state index contributed by atoms with van der Waals surface area (Å²) in [4.78, 5) is 16.4. The number of hydrogen-bond donors (Lipinski definition) is 3. The summed E-state index contributed by atoms with van der Waals surface area (Å²) in [6, 6.07) is 31.8. The number of unbranched alkanes of at least 4 members (excludes halogenated alkanes) is 1. The molecule has 0 aromatic heterocycles. The van der Waals surface area contributed by atoms with E-state index in [1.54, 1.807) is 12.1 Å². The Morgan fingerprint density at radius 3 is 2.31 bits per heavy atom. The van der Waals surface area contributed by atoms with Crippen LogP contribution in [0.3, 0.4) is 0 Å². The van der Waals surface area contributed by atoms with E-state index >= 15 is 0 Å². The molecule has 1 aliphatic carbocycles. The first-order chi connectivity index (χ1) is 28.4. The number of aliphatic hydroxyl groups is 1. The molecule has 3 N–H and O–H groups in total. The zero-order valence-corrected chi connectivity index (χ0v) is 35.4. The van der Waals surface area contributed by atoms with Crippen LogP contribution in [0, 0.1) is 11.3 Å². The van der Waals surface area contributed by atoms with E-state index in [0.29, 0.717) is 42.7 Å². The lowest BCUT2D eigenvalue weighted by atomic mass is 9.66. The number of ether oxygens (including phenoxy) is 4. The van der Waals surface area contributed by atoms with Crippen molar-refractivity contribution < 1.29 is 37.3 Å². The lowest BCUT2D eigenvalue weighted by molar-refractivity contribution is -0.486. The van der Waals surface area contributed by atoms with Crippen molar-refractivity contribution in [3.8, 4) is 0 Å². The van der Waals surface area contributed by atoms with Gasteiger partial charge in [0.1, 0.15) is 17.8 Å². The summed E-state index contributed by atoms with van der Waals surface area (Å²) in [5, 5.41) is 18.8. The molecule has 4 aromatic rings. The van der Waals surface area contributed by atoms with Crippen LogP contribution >= 0.6 is 0 Å². The van der Waals surface area contributed by atoms with Gasteiger partial charge in [0, 0.05) is 49.1 Å². The van der Waals surface area contributed by atoms with E-state index in [1.807, 2.05) is 105 Å². The third-order valence-corrected chi connectivity index (χ3v) is 15.2. The van der Waals surface area contributed by atoms with Crippen LogP contribution in [-0.2, 0) is 41.8 Å². The maximum Gasteiger partial charge on any atom is 0.319 e. The maximum absolute atomic E-state index is 14.2. The molecule has 4 bridgehead atoms. The van der Waals surface area contributed by atoms with Gasteiger partial charge in [-0.3, -0.25) is 0 Å². The quantitative estimate of drug-likeness (QED) is 0.126. The first-order valence-corrected chi connectivity index (χ1v) is 22.6. The molecule has 314 valence electrons. The summed E-state index contributed by atoms with van der Waals surface area (Å²) >= 11 is 0. The summed E-state index contributed by atoms with van der Waals surface area (Å²) in [5.74, 6) is -0.953. The molecule has 0 radical (unpaired) electrons. The molecule has 0 spiro atoms. The van der Waals surface area contributed by atoms with E-state index in [2.05, 4.69) is 36.6 Å². The van der Waals surface area contributed by atoms with Crippen molar-refractivity contribution in [1.82, 2.24) is 5.32 Å². The lowest BCUT2D eigenvalue weighted by Crippen LogP contribution is -2.81. The van der Waals surface area contributed by atoms with Crippen LogP contribution in [0.25, 0.3) is 0 Å². The van der Waals surface area contributed by atoms with Crippen molar-refractivity contribution in [3.05, 3.63) is 125 Å². The molecule has 59 heavy (non-hydrogen) atoms. The molecule has 4 aliphatic heterocycles. The molecule has 2 amide bonds. The molecular weight excluding hydrogens is 767 g/mol. The van der Waals surface area contributed by atoms with Crippen LogP contribution in [0.4, 0.5) is 16.2 Å². The zero-order valence-electron chi connectivity index (χ0n) is 34.5. The van der Waals surface area contributed by atoms with Gasteiger partial charge < -0.3 is 39.6 Å². The molecule has 7 unspecified atom stereocenters. The van der Waals surface area contributed by atoms with Crippen LogP contribution in [0.2, 0.25) is 0 Å².